The molecule has 4 heterocycles. The summed E-state index contributed by atoms with van der Waals surface area (Å²) in [5.74, 6) is 1.79. The van der Waals surface area contributed by atoms with Gasteiger partial charge in [-0.05, 0) is 45.0 Å². The summed E-state index contributed by atoms with van der Waals surface area (Å²) in [5.41, 5.74) is 0.844. The summed E-state index contributed by atoms with van der Waals surface area (Å²) in [4.78, 5) is 24.0. The Morgan fingerprint density at radius 1 is 1.29 bits per heavy atom. The summed E-state index contributed by atoms with van der Waals surface area (Å²) in [7, 11) is 1.86. The van der Waals surface area contributed by atoms with Crippen LogP contribution >= 0.6 is 24.0 Å². The Labute approximate surface area is 200 Å². The van der Waals surface area contributed by atoms with Gasteiger partial charge < -0.3 is 19.5 Å². The van der Waals surface area contributed by atoms with Gasteiger partial charge in [0.15, 0.2) is 5.96 Å². The summed E-state index contributed by atoms with van der Waals surface area (Å²) in [5, 5.41) is 7.54. The molecular formula is C21H32IN7O2. The predicted octanol–water partition coefficient (Wildman–Crippen LogP) is 2.08. The quantitative estimate of drug-likeness (QED) is 0.343. The van der Waals surface area contributed by atoms with Gasteiger partial charge in [-0.2, -0.15) is 5.10 Å². The van der Waals surface area contributed by atoms with Crippen LogP contribution in [0.2, 0.25) is 0 Å². The second-order valence-corrected chi connectivity index (χ2v) is 7.81. The Hall–Kier alpha value is -2.08. The standard InChI is InChI=1S/C21H31N7O2.HI/c1-3-22-21(23-14-18(19-7-6-12-30-19)26-8-4-5-9-26)27-10-11-28(20(29)16-27)17-13-24-25(2)15-17;/h6-7,12-13,15,18H,3-5,8-11,14,16H2,1-2H3,(H,22,23);1H. The molecule has 4 rings (SSSR count). The number of aryl methyl sites for hydroxylation is 1. The highest BCUT2D eigenvalue weighted by Gasteiger charge is 2.29. The van der Waals surface area contributed by atoms with Crippen LogP contribution in [0.25, 0.3) is 0 Å². The molecule has 9 nitrogen and oxygen atoms in total. The number of guanidine groups is 1. The third kappa shape index (κ3) is 5.59. The number of carbonyl (C=O) groups is 1. The first-order valence-corrected chi connectivity index (χ1v) is 10.8. The maximum absolute atomic E-state index is 12.8. The molecule has 31 heavy (non-hydrogen) atoms. The third-order valence-electron chi connectivity index (χ3n) is 5.73. The number of aliphatic imine (C=N–C) groups is 1. The van der Waals surface area contributed by atoms with Crippen LogP contribution < -0.4 is 10.2 Å². The monoisotopic (exact) mass is 541 g/mol. The van der Waals surface area contributed by atoms with Crippen LogP contribution in [-0.4, -0.2) is 77.3 Å². The molecule has 0 aromatic carbocycles. The fourth-order valence-electron chi connectivity index (χ4n) is 4.19. The first-order valence-electron chi connectivity index (χ1n) is 10.8. The van der Waals surface area contributed by atoms with Crippen molar-refractivity contribution < 1.29 is 9.21 Å². The van der Waals surface area contributed by atoms with E-state index in [0.29, 0.717) is 19.6 Å². The van der Waals surface area contributed by atoms with Gasteiger partial charge in [0.2, 0.25) is 5.91 Å². The zero-order valence-electron chi connectivity index (χ0n) is 18.2. The zero-order valence-corrected chi connectivity index (χ0v) is 20.6. The van der Waals surface area contributed by atoms with Crippen LogP contribution in [0.3, 0.4) is 0 Å². The fourth-order valence-corrected chi connectivity index (χ4v) is 4.19. The molecule has 2 fully saturated rings. The number of nitrogens with zero attached hydrogens (tertiary/aromatic N) is 6. The van der Waals surface area contributed by atoms with E-state index in [4.69, 9.17) is 9.41 Å². The molecule has 2 saturated heterocycles. The van der Waals surface area contributed by atoms with Gasteiger partial charge in [0, 0.05) is 32.9 Å². The van der Waals surface area contributed by atoms with Crippen molar-refractivity contribution in [2.45, 2.75) is 25.8 Å². The average molecular weight is 541 g/mol. The van der Waals surface area contributed by atoms with Crippen LogP contribution in [0.5, 0.6) is 0 Å². The number of aromatic nitrogens is 2. The van der Waals surface area contributed by atoms with Crippen molar-refractivity contribution in [1.82, 2.24) is 24.9 Å². The number of hydrogen-bond acceptors (Lipinski definition) is 5. The molecule has 10 heteroatoms. The van der Waals surface area contributed by atoms with E-state index in [9.17, 15) is 4.79 Å². The summed E-state index contributed by atoms with van der Waals surface area (Å²) in [6.07, 6.45) is 7.76. The van der Waals surface area contributed by atoms with Gasteiger partial charge in [-0.3, -0.25) is 19.4 Å². The van der Waals surface area contributed by atoms with Crippen molar-refractivity contribution >= 4 is 41.5 Å². The lowest BCUT2D eigenvalue weighted by Gasteiger charge is -2.35. The number of anilines is 1. The molecule has 1 atom stereocenters. The normalized spacial score (nSPS) is 18.9. The first kappa shape index (κ1) is 23.6. The van der Waals surface area contributed by atoms with E-state index >= 15 is 0 Å². The summed E-state index contributed by atoms with van der Waals surface area (Å²) >= 11 is 0. The van der Waals surface area contributed by atoms with Crippen LogP contribution in [0.4, 0.5) is 5.69 Å². The average Bonchev–Trinajstić information content (AvgIpc) is 3.51. The molecule has 1 amide bonds. The smallest absolute Gasteiger partial charge is 0.246 e. The highest BCUT2D eigenvalue weighted by molar-refractivity contribution is 14.0. The Kier molecular flexibility index (Phi) is 8.35. The maximum atomic E-state index is 12.8. The van der Waals surface area contributed by atoms with Crippen molar-refractivity contribution in [2.75, 3.05) is 50.7 Å². The summed E-state index contributed by atoms with van der Waals surface area (Å²) < 4.78 is 7.43. The molecule has 170 valence electrons. The van der Waals surface area contributed by atoms with Crippen LogP contribution in [0.15, 0.2) is 40.2 Å². The molecular weight excluding hydrogens is 509 g/mol. The number of piperazine rings is 1. The van der Waals surface area contributed by atoms with Crippen LogP contribution in [-0.2, 0) is 11.8 Å². The molecule has 2 aliphatic heterocycles. The van der Waals surface area contributed by atoms with Gasteiger partial charge >= 0.3 is 0 Å². The molecule has 2 aliphatic rings. The lowest BCUT2D eigenvalue weighted by atomic mass is 10.2. The molecule has 2 aromatic rings. The Morgan fingerprint density at radius 3 is 2.71 bits per heavy atom. The molecule has 1 unspecified atom stereocenters. The number of furan rings is 1. The van der Waals surface area contributed by atoms with E-state index in [1.54, 1.807) is 22.0 Å². The minimum Gasteiger partial charge on any atom is -0.468 e. The molecule has 0 radical (unpaired) electrons. The van der Waals surface area contributed by atoms with Crippen molar-refractivity contribution in [3.8, 4) is 0 Å². The van der Waals surface area contributed by atoms with Crippen molar-refractivity contribution in [2.24, 2.45) is 12.0 Å². The SMILES string of the molecule is CCNC(=NCC(c1ccco1)N1CCCC1)N1CCN(c2cnn(C)c2)C(=O)C1.I. The topological polar surface area (TPSA) is 82.1 Å². The van der Waals surface area contributed by atoms with Gasteiger partial charge in [0.25, 0.3) is 0 Å². The lowest BCUT2D eigenvalue weighted by molar-refractivity contribution is -0.120. The minimum absolute atomic E-state index is 0. The van der Waals surface area contributed by atoms with E-state index in [1.165, 1.54) is 12.8 Å². The summed E-state index contributed by atoms with van der Waals surface area (Å²) in [6, 6.07) is 4.09. The van der Waals surface area contributed by atoms with Crippen molar-refractivity contribution in [3.05, 3.63) is 36.5 Å². The number of likely N-dealkylation sites (tertiary alicyclic amines) is 1. The van der Waals surface area contributed by atoms with Gasteiger partial charge in [0.1, 0.15) is 12.3 Å². The molecule has 0 aliphatic carbocycles. The second kappa shape index (κ2) is 11.0. The van der Waals surface area contributed by atoms with Crippen molar-refractivity contribution in [1.29, 1.82) is 0 Å². The van der Waals surface area contributed by atoms with E-state index in [-0.39, 0.29) is 35.9 Å². The highest BCUT2D eigenvalue weighted by Crippen LogP contribution is 2.26. The van der Waals surface area contributed by atoms with Crippen LogP contribution in [0, 0.1) is 0 Å². The number of nitrogens with one attached hydrogen (secondary N) is 1. The van der Waals surface area contributed by atoms with E-state index in [0.717, 1.165) is 43.6 Å². The number of halogens is 1. The zero-order chi connectivity index (χ0) is 20.9. The molecule has 0 saturated carbocycles. The molecule has 0 bridgehead atoms. The number of carbonyl (C=O) groups excluding carboxylic acids is 1. The third-order valence-corrected chi connectivity index (χ3v) is 5.73. The van der Waals surface area contributed by atoms with Gasteiger partial charge in [-0.15, -0.1) is 24.0 Å². The first-order chi connectivity index (χ1) is 14.7. The molecule has 2 aromatic heterocycles. The highest BCUT2D eigenvalue weighted by atomic mass is 127. The lowest BCUT2D eigenvalue weighted by Crippen LogP contribution is -2.55. The van der Waals surface area contributed by atoms with Gasteiger partial charge in [-0.1, -0.05) is 0 Å². The van der Waals surface area contributed by atoms with E-state index < -0.39 is 0 Å². The summed E-state index contributed by atoms with van der Waals surface area (Å²) in [6.45, 7) is 7.19. The van der Waals surface area contributed by atoms with Crippen molar-refractivity contribution in [3.63, 3.8) is 0 Å². The maximum Gasteiger partial charge on any atom is 0.246 e. The van der Waals surface area contributed by atoms with E-state index in [2.05, 4.69) is 15.3 Å². The molecule has 1 N–H and O–H groups in total. The van der Waals surface area contributed by atoms with E-state index in [1.807, 2.05) is 37.2 Å². The van der Waals surface area contributed by atoms with Gasteiger partial charge in [-0.25, -0.2) is 0 Å². The largest absolute Gasteiger partial charge is 0.468 e. The van der Waals surface area contributed by atoms with Gasteiger partial charge in [0.05, 0.1) is 30.7 Å². The Balaban J connectivity index is 0.00000272. The Bertz CT molecular complexity index is 861. The Morgan fingerprint density at radius 2 is 2.10 bits per heavy atom. The number of hydrogen-bond donors (Lipinski definition) is 1. The predicted molar refractivity (Wildman–Crippen MR) is 131 cm³/mol. The minimum atomic E-state index is 0. The fraction of sp³-hybridized carbons (Fsp3) is 0.571. The number of rotatable bonds is 6. The molecule has 0 spiro atoms. The second-order valence-electron chi connectivity index (χ2n) is 7.81. The van der Waals surface area contributed by atoms with Crippen LogP contribution in [0.1, 0.15) is 31.6 Å². The number of amides is 1.